The Hall–Kier alpha value is 0.160. The van der Waals surface area contributed by atoms with Gasteiger partial charge in [-0.25, -0.2) is 8.42 Å². The van der Waals surface area contributed by atoms with Crippen LogP contribution in [0.2, 0.25) is 0 Å². The first-order valence-electron chi connectivity index (χ1n) is 4.16. The van der Waals surface area contributed by atoms with Gasteiger partial charge in [-0.2, -0.15) is 4.31 Å². The molecule has 1 aliphatic rings. The molecule has 0 aromatic rings. The predicted molar refractivity (Wildman–Crippen MR) is 51.2 cm³/mol. The minimum atomic E-state index is -3.25. The third-order valence-electron chi connectivity index (χ3n) is 2.21. The fourth-order valence-electron chi connectivity index (χ4n) is 1.42. The molecule has 0 aromatic heterocycles. The minimum Gasteiger partial charge on any atom is -0.380 e. The number of alkyl halides is 1. The molecule has 1 unspecified atom stereocenters. The summed E-state index contributed by atoms with van der Waals surface area (Å²) in [7, 11) is -1.65. The molecule has 0 N–H and O–H groups in total. The average Bonchev–Trinajstić information content (AvgIpc) is 2.18. The Morgan fingerprint density at radius 2 is 2.31 bits per heavy atom. The highest BCUT2D eigenvalue weighted by Gasteiger charge is 2.27. The smallest absolute Gasteiger partial charge is 0.228 e. The molecule has 0 radical (unpaired) electrons. The molecule has 1 rings (SSSR count). The van der Waals surface area contributed by atoms with E-state index in [-0.39, 0.29) is 11.3 Å². The van der Waals surface area contributed by atoms with E-state index < -0.39 is 10.0 Å². The highest BCUT2D eigenvalue weighted by atomic mass is 35.5. The standard InChI is InChI=1S/C7H14ClNO3S/c1-12-7-3-2-4-9(5-7)13(10,11)6-8/h7H,2-6H2,1H3. The molecular formula is C7H14ClNO3S. The van der Waals surface area contributed by atoms with Gasteiger partial charge >= 0.3 is 0 Å². The fraction of sp³-hybridized carbons (Fsp3) is 1.00. The van der Waals surface area contributed by atoms with Crippen LogP contribution in [0, 0.1) is 0 Å². The topological polar surface area (TPSA) is 46.6 Å². The van der Waals surface area contributed by atoms with Crippen molar-refractivity contribution in [3.05, 3.63) is 0 Å². The Balaban J connectivity index is 2.61. The normalized spacial score (nSPS) is 26.2. The lowest BCUT2D eigenvalue weighted by Crippen LogP contribution is -2.43. The van der Waals surface area contributed by atoms with Gasteiger partial charge in [-0.05, 0) is 12.8 Å². The number of sulfonamides is 1. The van der Waals surface area contributed by atoms with Gasteiger partial charge < -0.3 is 4.74 Å². The Bertz CT molecular complexity index is 254. The Kier molecular flexibility index (Phi) is 3.97. The summed E-state index contributed by atoms with van der Waals surface area (Å²) in [6.07, 6.45) is 1.78. The zero-order chi connectivity index (χ0) is 9.90. The lowest BCUT2D eigenvalue weighted by molar-refractivity contribution is 0.0573. The summed E-state index contributed by atoms with van der Waals surface area (Å²) in [6, 6.07) is 0. The molecule has 0 amide bonds. The van der Waals surface area contributed by atoms with Crippen molar-refractivity contribution in [1.29, 1.82) is 0 Å². The van der Waals surface area contributed by atoms with Crippen LogP contribution in [0.5, 0.6) is 0 Å². The van der Waals surface area contributed by atoms with E-state index >= 15 is 0 Å². The maximum atomic E-state index is 11.4. The van der Waals surface area contributed by atoms with Crippen LogP contribution in [0.3, 0.4) is 0 Å². The van der Waals surface area contributed by atoms with E-state index in [4.69, 9.17) is 16.3 Å². The van der Waals surface area contributed by atoms with Gasteiger partial charge in [0, 0.05) is 20.2 Å². The van der Waals surface area contributed by atoms with Crippen molar-refractivity contribution in [3.63, 3.8) is 0 Å². The van der Waals surface area contributed by atoms with Crippen molar-refractivity contribution < 1.29 is 13.2 Å². The molecule has 1 saturated heterocycles. The number of piperidine rings is 1. The van der Waals surface area contributed by atoms with Crippen molar-refractivity contribution in [2.24, 2.45) is 0 Å². The molecule has 13 heavy (non-hydrogen) atoms. The Labute approximate surface area is 83.9 Å². The number of hydrogen-bond donors (Lipinski definition) is 0. The van der Waals surface area contributed by atoms with Crippen LogP contribution in [0.1, 0.15) is 12.8 Å². The molecule has 78 valence electrons. The molecular weight excluding hydrogens is 214 g/mol. The van der Waals surface area contributed by atoms with Gasteiger partial charge in [0.25, 0.3) is 0 Å². The van der Waals surface area contributed by atoms with E-state index in [1.807, 2.05) is 0 Å². The molecule has 1 heterocycles. The van der Waals surface area contributed by atoms with Crippen LogP contribution >= 0.6 is 11.6 Å². The maximum absolute atomic E-state index is 11.4. The third-order valence-corrected chi connectivity index (χ3v) is 4.43. The van der Waals surface area contributed by atoms with Crippen LogP contribution in [-0.4, -0.2) is 44.2 Å². The second kappa shape index (κ2) is 4.59. The third kappa shape index (κ3) is 2.80. The van der Waals surface area contributed by atoms with Crippen LogP contribution in [0.15, 0.2) is 0 Å². The SMILES string of the molecule is COC1CCCN(S(=O)(=O)CCl)C1. The van der Waals surface area contributed by atoms with Gasteiger partial charge in [-0.15, -0.1) is 11.6 Å². The lowest BCUT2D eigenvalue weighted by atomic mass is 10.1. The van der Waals surface area contributed by atoms with Gasteiger partial charge in [0.15, 0.2) is 0 Å². The minimum absolute atomic E-state index is 0.0201. The van der Waals surface area contributed by atoms with Crippen molar-refractivity contribution in [1.82, 2.24) is 4.31 Å². The van der Waals surface area contributed by atoms with E-state index in [1.165, 1.54) is 4.31 Å². The molecule has 1 fully saturated rings. The highest BCUT2D eigenvalue weighted by Crippen LogP contribution is 2.16. The summed E-state index contributed by atoms with van der Waals surface area (Å²) in [5.41, 5.74) is 0. The first kappa shape index (κ1) is 11.2. The van der Waals surface area contributed by atoms with Gasteiger partial charge in [-0.3, -0.25) is 0 Å². The molecule has 1 atom stereocenters. The number of ether oxygens (including phenoxy) is 1. The van der Waals surface area contributed by atoms with Gasteiger partial charge in [-0.1, -0.05) is 0 Å². The Morgan fingerprint density at radius 1 is 1.62 bits per heavy atom. The number of rotatable bonds is 3. The van der Waals surface area contributed by atoms with Crippen molar-refractivity contribution in [3.8, 4) is 0 Å². The number of methoxy groups -OCH3 is 1. The fourth-order valence-corrected chi connectivity index (χ4v) is 2.77. The zero-order valence-corrected chi connectivity index (χ0v) is 9.14. The van der Waals surface area contributed by atoms with Crippen LogP contribution < -0.4 is 0 Å². The van der Waals surface area contributed by atoms with E-state index in [0.717, 1.165) is 12.8 Å². The first-order valence-corrected chi connectivity index (χ1v) is 6.31. The second-order valence-corrected chi connectivity index (χ2v) is 5.63. The number of nitrogens with zero attached hydrogens (tertiary/aromatic N) is 1. The molecule has 0 saturated carbocycles. The van der Waals surface area contributed by atoms with Crippen LogP contribution in [0.25, 0.3) is 0 Å². The molecule has 0 aromatic carbocycles. The van der Waals surface area contributed by atoms with Crippen molar-refractivity contribution in [2.45, 2.75) is 18.9 Å². The van der Waals surface area contributed by atoms with E-state index in [1.54, 1.807) is 7.11 Å². The maximum Gasteiger partial charge on any atom is 0.228 e. The summed E-state index contributed by atoms with van der Waals surface area (Å²) >= 11 is 5.35. The van der Waals surface area contributed by atoms with Gasteiger partial charge in [0.2, 0.25) is 10.0 Å². The predicted octanol–water partition coefficient (Wildman–Crippen LogP) is 0.623. The zero-order valence-electron chi connectivity index (χ0n) is 7.57. The summed E-state index contributed by atoms with van der Waals surface area (Å²) in [5.74, 6) is 0. The number of halogens is 1. The highest BCUT2D eigenvalue weighted by molar-refractivity contribution is 7.90. The van der Waals surface area contributed by atoms with Gasteiger partial charge in [0.05, 0.1) is 6.10 Å². The molecule has 4 nitrogen and oxygen atoms in total. The summed E-state index contributed by atoms with van der Waals surface area (Å²) < 4.78 is 29.2. The molecule has 0 aliphatic carbocycles. The summed E-state index contributed by atoms with van der Waals surface area (Å²) in [6.45, 7) is 1.00. The van der Waals surface area contributed by atoms with Crippen LogP contribution in [-0.2, 0) is 14.8 Å². The lowest BCUT2D eigenvalue weighted by Gasteiger charge is -2.30. The molecule has 1 aliphatic heterocycles. The molecule has 0 spiro atoms. The molecule has 6 heteroatoms. The first-order chi connectivity index (χ1) is 6.10. The molecule has 0 bridgehead atoms. The van der Waals surface area contributed by atoms with Crippen LogP contribution in [0.4, 0.5) is 0 Å². The summed E-state index contributed by atoms with van der Waals surface area (Å²) in [4.78, 5) is 0. The summed E-state index contributed by atoms with van der Waals surface area (Å²) in [5, 5.41) is -0.344. The van der Waals surface area contributed by atoms with E-state index in [9.17, 15) is 8.42 Å². The van der Waals surface area contributed by atoms with E-state index in [2.05, 4.69) is 0 Å². The quantitative estimate of drug-likeness (QED) is 0.665. The van der Waals surface area contributed by atoms with E-state index in [0.29, 0.717) is 13.1 Å². The number of hydrogen-bond acceptors (Lipinski definition) is 3. The monoisotopic (exact) mass is 227 g/mol. The van der Waals surface area contributed by atoms with Crippen molar-refractivity contribution in [2.75, 3.05) is 25.4 Å². The van der Waals surface area contributed by atoms with Gasteiger partial charge in [0.1, 0.15) is 5.21 Å². The second-order valence-electron chi connectivity index (χ2n) is 3.08. The Morgan fingerprint density at radius 3 is 2.85 bits per heavy atom. The largest absolute Gasteiger partial charge is 0.380 e. The average molecular weight is 228 g/mol. The van der Waals surface area contributed by atoms with Crippen molar-refractivity contribution >= 4 is 21.6 Å².